The SMILES string of the molecule is COc1ccc(Cc2nsc(C(N)CC(C)N)n2)cc1. The summed E-state index contributed by atoms with van der Waals surface area (Å²) in [6, 6.07) is 7.84. The second kappa shape index (κ2) is 6.78. The van der Waals surface area contributed by atoms with Crippen LogP contribution in [-0.4, -0.2) is 22.5 Å². The maximum atomic E-state index is 6.05. The number of ether oxygens (including phenoxy) is 1. The first kappa shape index (κ1) is 14.9. The molecule has 0 aliphatic heterocycles. The number of nitrogens with zero attached hydrogens (tertiary/aromatic N) is 2. The zero-order valence-electron chi connectivity index (χ0n) is 11.7. The Hall–Kier alpha value is -1.50. The van der Waals surface area contributed by atoms with Crippen LogP contribution in [0, 0.1) is 0 Å². The highest BCUT2D eigenvalue weighted by molar-refractivity contribution is 7.05. The number of nitrogens with two attached hydrogens (primary N) is 2. The highest BCUT2D eigenvalue weighted by atomic mass is 32.1. The Labute approximate surface area is 123 Å². The molecule has 2 aromatic rings. The van der Waals surface area contributed by atoms with Gasteiger partial charge < -0.3 is 16.2 Å². The van der Waals surface area contributed by atoms with Crippen molar-refractivity contribution in [2.45, 2.75) is 31.8 Å². The van der Waals surface area contributed by atoms with Gasteiger partial charge in [0.2, 0.25) is 0 Å². The van der Waals surface area contributed by atoms with Crippen molar-refractivity contribution in [2.75, 3.05) is 7.11 Å². The third kappa shape index (κ3) is 4.00. The summed E-state index contributed by atoms with van der Waals surface area (Å²) in [6.45, 7) is 1.94. The van der Waals surface area contributed by atoms with Gasteiger partial charge in [0, 0.05) is 12.5 Å². The van der Waals surface area contributed by atoms with E-state index in [0.29, 0.717) is 6.42 Å². The molecule has 1 heterocycles. The molecular formula is C14H20N4OS. The molecule has 0 aliphatic rings. The van der Waals surface area contributed by atoms with E-state index in [-0.39, 0.29) is 12.1 Å². The lowest BCUT2D eigenvalue weighted by Gasteiger charge is -2.09. The molecule has 1 aromatic carbocycles. The predicted molar refractivity (Wildman–Crippen MR) is 80.9 cm³/mol. The van der Waals surface area contributed by atoms with Crippen LogP contribution < -0.4 is 16.2 Å². The van der Waals surface area contributed by atoms with Crippen LogP contribution in [0.2, 0.25) is 0 Å². The minimum atomic E-state index is -0.128. The molecule has 6 heteroatoms. The van der Waals surface area contributed by atoms with Crippen LogP contribution in [0.4, 0.5) is 0 Å². The van der Waals surface area contributed by atoms with Gasteiger partial charge in [-0.2, -0.15) is 4.37 Å². The molecule has 4 N–H and O–H groups in total. The quantitative estimate of drug-likeness (QED) is 0.848. The van der Waals surface area contributed by atoms with Gasteiger partial charge in [-0.05, 0) is 42.6 Å². The topological polar surface area (TPSA) is 87.0 Å². The average molecular weight is 292 g/mol. The fourth-order valence-electron chi connectivity index (χ4n) is 1.92. The first-order valence-electron chi connectivity index (χ1n) is 6.55. The van der Waals surface area contributed by atoms with Crippen LogP contribution >= 0.6 is 11.5 Å². The molecule has 108 valence electrons. The highest BCUT2D eigenvalue weighted by Gasteiger charge is 2.14. The van der Waals surface area contributed by atoms with Crippen molar-refractivity contribution in [2.24, 2.45) is 11.5 Å². The third-order valence-electron chi connectivity index (χ3n) is 2.95. The predicted octanol–water partition coefficient (Wildman–Crippen LogP) is 1.87. The molecule has 0 aliphatic carbocycles. The minimum Gasteiger partial charge on any atom is -0.497 e. The molecule has 1 aromatic heterocycles. The first-order chi connectivity index (χ1) is 9.58. The summed E-state index contributed by atoms with van der Waals surface area (Å²) in [6.07, 6.45) is 1.42. The molecule has 0 saturated heterocycles. The van der Waals surface area contributed by atoms with Gasteiger partial charge in [0.15, 0.2) is 0 Å². The van der Waals surface area contributed by atoms with E-state index in [1.54, 1.807) is 7.11 Å². The largest absolute Gasteiger partial charge is 0.497 e. The molecule has 2 unspecified atom stereocenters. The van der Waals surface area contributed by atoms with Crippen molar-refractivity contribution in [3.05, 3.63) is 40.7 Å². The molecule has 0 spiro atoms. The lowest BCUT2D eigenvalue weighted by molar-refractivity contribution is 0.414. The maximum Gasteiger partial charge on any atom is 0.147 e. The summed E-state index contributed by atoms with van der Waals surface area (Å²) in [5, 5.41) is 0.853. The van der Waals surface area contributed by atoms with Gasteiger partial charge in [-0.1, -0.05) is 12.1 Å². The molecule has 5 nitrogen and oxygen atoms in total. The van der Waals surface area contributed by atoms with Crippen molar-refractivity contribution in [1.82, 2.24) is 9.36 Å². The number of rotatable bonds is 6. The molecule has 0 bridgehead atoms. The second-order valence-electron chi connectivity index (χ2n) is 4.89. The summed E-state index contributed by atoms with van der Waals surface area (Å²) in [5.41, 5.74) is 13.0. The molecule has 20 heavy (non-hydrogen) atoms. The number of methoxy groups -OCH3 is 1. The number of hydrogen-bond acceptors (Lipinski definition) is 6. The van der Waals surface area contributed by atoms with Crippen molar-refractivity contribution in [3.8, 4) is 5.75 Å². The zero-order valence-corrected chi connectivity index (χ0v) is 12.6. The summed E-state index contributed by atoms with van der Waals surface area (Å²) in [4.78, 5) is 4.50. The Kier molecular flexibility index (Phi) is 5.05. The summed E-state index contributed by atoms with van der Waals surface area (Å²) >= 11 is 1.36. The lowest BCUT2D eigenvalue weighted by atomic mass is 10.1. The highest BCUT2D eigenvalue weighted by Crippen LogP contribution is 2.19. The Morgan fingerprint density at radius 2 is 1.95 bits per heavy atom. The molecular weight excluding hydrogens is 272 g/mol. The van der Waals surface area contributed by atoms with Crippen molar-refractivity contribution < 1.29 is 4.74 Å². The first-order valence-corrected chi connectivity index (χ1v) is 7.32. The number of benzene rings is 1. The van der Waals surface area contributed by atoms with Crippen LogP contribution in [0.15, 0.2) is 24.3 Å². The van der Waals surface area contributed by atoms with Gasteiger partial charge in [0.05, 0.1) is 13.2 Å². The molecule has 2 atom stereocenters. The lowest BCUT2D eigenvalue weighted by Crippen LogP contribution is -2.23. The zero-order chi connectivity index (χ0) is 14.5. The van der Waals surface area contributed by atoms with Gasteiger partial charge in [0.1, 0.15) is 16.6 Å². The second-order valence-corrected chi connectivity index (χ2v) is 5.68. The molecule has 2 rings (SSSR count). The number of aromatic nitrogens is 2. The molecule has 0 radical (unpaired) electrons. The maximum absolute atomic E-state index is 6.05. The molecule has 0 fully saturated rings. The van der Waals surface area contributed by atoms with E-state index in [0.717, 1.165) is 28.6 Å². The van der Waals surface area contributed by atoms with Crippen LogP contribution in [0.3, 0.4) is 0 Å². The Bertz CT molecular complexity index is 538. The Morgan fingerprint density at radius 3 is 2.55 bits per heavy atom. The Balaban J connectivity index is 2.01. The molecule has 0 amide bonds. The van der Waals surface area contributed by atoms with Crippen LogP contribution in [-0.2, 0) is 6.42 Å². The van der Waals surface area contributed by atoms with Crippen molar-refractivity contribution in [1.29, 1.82) is 0 Å². The normalized spacial score (nSPS) is 14.0. The van der Waals surface area contributed by atoms with Gasteiger partial charge >= 0.3 is 0 Å². The average Bonchev–Trinajstić information content (AvgIpc) is 2.87. The smallest absolute Gasteiger partial charge is 0.147 e. The summed E-state index contributed by atoms with van der Waals surface area (Å²) in [7, 11) is 1.66. The van der Waals surface area contributed by atoms with E-state index in [4.69, 9.17) is 16.2 Å². The van der Waals surface area contributed by atoms with E-state index < -0.39 is 0 Å². The Morgan fingerprint density at radius 1 is 1.25 bits per heavy atom. The van der Waals surface area contributed by atoms with Crippen molar-refractivity contribution in [3.63, 3.8) is 0 Å². The van der Waals surface area contributed by atoms with E-state index in [9.17, 15) is 0 Å². The van der Waals surface area contributed by atoms with Crippen molar-refractivity contribution >= 4 is 11.5 Å². The van der Waals surface area contributed by atoms with E-state index in [1.807, 2.05) is 31.2 Å². The van der Waals surface area contributed by atoms with Crippen LogP contribution in [0.25, 0.3) is 0 Å². The standard InChI is InChI=1S/C14H20N4OS/c1-9(15)7-12(16)14-17-13(18-20-14)8-10-3-5-11(19-2)6-4-10/h3-6,9,12H,7-8,15-16H2,1-2H3. The molecule has 0 saturated carbocycles. The monoisotopic (exact) mass is 292 g/mol. The minimum absolute atomic E-state index is 0.0685. The number of hydrogen-bond donors (Lipinski definition) is 2. The fourth-order valence-corrected chi connectivity index (χ4v) is 2.60. The third-order valence-corrected chi connectivity index (χ3v) is 3.83. The van der Waals surface area contributed by atoms with E-state index in [1.165, 1.54) is 11.5 Å². The van der Waals surface area contributed by atoms with Gasteiger partial charge in [-0.3, -0.25) is 0 Å². The van der Waals surface area contributed by atoms with Gasteiger partial charge in [-0.15, -0.1) is 0 Å². The van der Waals surface area contributed by atoms with E-state index in [2.05, 4.69) is 9.36 Å². The van der Waals surface area contributed by atoms with Gasteiger partial charge in [0.25, 0.3) is 0 Å². The summed E-state index contributed by atoms with van der Waals surface area (Å²) < 4.78 is 9.50. The summed E-state index contributed by atoms with van der Waals surface area (Å²) in [5.74, 6) is 1.65. The van der Waals surface area contributed by atoms with E-state index >= 15 is 0 Å². The fraction of sp³-hybridized carbons (Fsp3) is 0.429. The van der Waals surface area contributed by atoms with Crippen LogP contribution in [0.1, 0.15) is 35.8 Å². The van der Waals surface area contributed by atoms with Gasteiger partial charge in [-0.25, -0.2) is 4.98 Å². The van der Waals surface area contributed by atoms with Crippen LogP contribution in [0.5, 0.6) is 5.75 Å².